The lowest BCUT2D eigenvalue weighted by Crippen LogP contribution is -2.31. The highest BCUT2D eigenvalue weighted by Gasteiger charge is 2.26. The van der Waals surface area contributed by atoms with Crippen LogP contribution >= 0.6 is 15.9 Å². The Morgan fingerprint density at radius 2 is 2.35 bits per heavy atom. The van der Waals surface area contributed by atoms with Gasteiger partial charge in [0.2, 0.25) is 0 Å². The highest BCUT2D eigenvalue weighted by molar-refractivity contribution is 9.09. The van der Waals surface area contributed by atoms with Crippen molar-refractivity contribution in [2.45, 2.75) is 18.9 Å². The van der Waals surface area contributed by atoms with Crippen molar-refractivity contribution in [1.29, 1.82) is 0 Å². The van der Waals surface area contributed by atoms with Gasteiger partial charge in [-0.3, -0.25) is 4.68 Å². The molecule has 1 aliphatic heterocycles. The molecule has 1 saturated heterocycles. The Hall–Kier alpha value is -1.17. The van der Waals surface area contributed by atoms with Gasteiger partial charge in [-0.25, -0.2) is 9.97 Å². The van der Waals surface area contributed by atoms with Crippen molar-refractivity contribution < 1.29 is 0 Å². The number of rotatable bonds is 2. The van der Waals surface area contributed by atoms with Crippen LogP contribution in [0.2, 0.25) is 0 Å². The van der Waals surface area contributed by atoms with E-state index < -0.39 is 0 Å². The summed E-state index contributed by atoms with van der Waals surface area (Å²) in [5.74, 6) is 1.02. The summed E-state index contributed by atoms with van der Waals surface area (Å²) in [6, 6.07) is 0.535. The zero-order chi connectivity index (χ0) is 11.8. The maximum Gasteiger partial charge on any atom is 0.163 e. The molecule has 1 unspecified atom stereocenters. The summed E-state index contributed by atoms with van der Waals surface area (Å²) in [6.07, 6.45) is 5.93. The van der Waals surface area contributed by atoms with E-state index in [0.717, 1.165) is 28.7 Å². The van der Waals surface area contributed by atoms with Crippen LogP contribution in [-0.2, 0) is 7.05 Å². The van der Waals surface area contributed by atoms with Gasteiger partial charge in [-0.2, -0.15) is 5.10 Å². The van der Waals surface area contributed by atoms with Gasteiger partial charge in [0, 0.05) is 25.0 Å². The first kappa shape index (κ1) is 11.0. The maximum atomic E-state index is 4.44. The molecule has 1 atom stereocenters. The zero-order valence-corrected chi connectivity index (χ0v) is 11.3. The van der Waals surface area contributed by atoms with Crippen LogP contribution in [0.4, 0.5) is 5.82 Å². The molecule has 3 heterocycles. The van der Waals surface area contributed by atoms with Gasteiger partial charge in [0.25, 0.3) is 0 Å². The molecule has 1 aliphatic rings. The third kappa shape index (κ3) is 1.71. The van der Waals surface area contributed by atoms with Crippen molar-refractivity contribution in [2.24, 2.45) is 7.05 Å². The van der Waals surface area contributed by atoms with Crippen LogP contribution in [-0.4, -0.2) is 37.7 Å². The predicted octanol–water partition coefficient (Wildman–Crippen LogP) is 1.73. The fraction of sp³-hybridized carbons (Fsp3) is 0.545. The maximum absolute atomic E-state index is 4.44. The minimum absolute atomic E-state index is 0.535. The van der Waals surface area contributed by atoms with Crippen molar-refractivity contribution >= 4 is 32.8 Å². The molecule has 0 aliphatic carbocycles. The molecule has 0 N–H and O–H groups in total. The Kier molecular flexibility index (Phi) is 2.74. The quantitative estimate of drug-likeness (QED) is 0.792. The average molecular weight is 296 g/mol. The molecule has 5 nitrogen and oxygen atoms in total. The molecular formula is C11H14BrN5. The Balaban J connectivity index is 2.10. The Bertz CT molecular complexity index is 538. The van der Waals surface area contributed by atoms with E-state index in [1.54, 1.807) is 11.0 Å². The molecule has 0 spiro atoms. The average Bonchev–Trinajstić information content (AvgIpc) is 2.96. The molecule has 2 aromatic rings. The second kappa shape index (κ2) is 4.25. The number of alkyl halides is 1. The molecule has 2 aromatic heterocycles. The molecule has 6 heteroatoms. The summed E-state index contributed by atoms with van der Waals surface area (Å²) < 4.78 is 1.79. The number of nitrogens with zero attached hydrogens (tertiary/aromatic N) is 5. The van der Waals surface area contributed by atoms with E-state index in [2.05, 4.69) is 35.9 Å². The first-order valence-electron chi connectivity index (χ1n) is 5.76. The molecule has 0 aromatic carbocycles. The predicted molar refractivity (Wildman–Crippen MR) is 70.5 cm³/mol. The van der Waals surface area contributed by atoms with E-state index in [1.807, 2.05) is 13.2 Å². The van der Waals surface area contributed by atoms with E-state index in [9.17, 15) is 0 Å². The van der Waals surface area contributed by atoms with E-state index in [-0.39, 0.29) is 0 Å². The summed E-state index contributed by atoms with van der Waals surface area (Å²) in [6.45, 7) is 1.07. The lowest BCUT2D eigenvalue weighted by molar-refractivity contribution is 0.742. The third-order valence-electron chi connectivity index (χ3n) is 3.34. The summed E-state index contributed by atoms with van der Waals surface area (Å²) >= 11 is 3.58. The van der Waals surface area contributed by atoms with Crippen LogP contribution in [0, 0.1) is 0 Å². The number of hydrogen-bond donors (Lipinski definition) is 0. The Labute approximate surface area is 108 Å². The van der Waals surface area contributed by atoms with Crippen molar-refractivity contribution in [1.82, 2.24) is 19.7 Å². The largest absolute Gasteiger partial charge is 0.352 e. The fourth-order valence-electron chi connectivity index (χ4n) is 2.45. The van der Waals surface area contributed by atoms with Gasteiger partial charge in [0.1, 0.15) is 12.1 Å². The highest BCUT2D eigenvalue weighted by Crippen LogP contribution is 2.29. The smallest absolute Gasteiger partial charge is 0.163 e. The molecule has 3 rings (SSSR count). The molecule has 0 amide bonds. The topological polar surface area (TPSA) is 46.8 Å². The lowest BCUT2D eigenvalue weighted by Gasteiger charge is -2.24. The van der Waals surface area contributed by atoms with Crippen LogP contribution < -0.4 is 4.90 Å². The van der Waals surface area contributed by atoms with Gasteiger partial charge in [-0.15, -0.1) is 0 Å². The highest BCUT2D eigenvalue weighted by atomic mass is 79.9. The van der Waals surface area contributed by atoms with Crippen molar-refractivity contribution in [2.75, 3.05) is 16.8 Å². The van der Waals surface area contributed by atoms with Crippen molar-refractivity contribution in [3.63, 3.8) is 0 Å². The second-order valence-corrected chi connectivity index (χ2v) is 4.99. The van der Waals surface area contributed by atoms with Crippen LogP contribution in [0.15, 0.2) is 12.5 Å². The molecule has 90 valence electrons. The van der Waals surface area contributed by atoms with Gasteiger partial charge in [0.05, 0.1) is 11.6 Å². The van der Waals surface area contributed by atoms with E-state index in [0.29, 0.717) is 6.04 Å². The number of aromatic nitrogens is 4. The van der Waals surface area contributed by atoms with Crippen molar-refractivity contribution in [3.05, 3.63) is 12.5 Å². The second-order valence-electron chi connectivity index (χ2n) is 4.35. The van der Waals surface area contributed by atoms with Gasteiger partial charge < -0.3 is 4.90 Å². The van der Waals surface area contributed by atoms with Gasteiger partial charge in [-0.05, 0) is 12.8 Å². The number of aryl methyl sites for hydroxylation is 1. The number of hydrogen-bond acceptors (Lipinski definition) is 4. The molecule has 17 heavy (non-hydrogen) atoms. The Morgan fingerprint density at radius 3 is 3.18 bits per heavy atom. The third-order valence-corrected chi connectivity index (χ3v) is 4.08. The van der Waals surface area contributed by atoms with Crippen LogP contribution in [0.3, 0.4) is 0 Å². The summed E-state index contributed by atoms with van der Waals surface area (Å²) in [7, 11) is 1.91. The number of anilines is 1. The molecular weight excluding hydrogens is 282 g/mol. The van der Waals surface area contributed by atoms with E-state index in [1.165, 1.54) is 12.8 Å². The van der Waals surface area contributed by atoms with Crippen molar-refractivity contribution in [3.8, 4) is 0 Å². The summed E-state index contributed by atoms with van der Waals surface area (Å²) in [5, 5.41) is 6.28. The van der Waals surface area contributed by atoms with Crippen LogP contribution in [0.5, 0.6) is 0 Å². The first-order valence-corrected chi connectivity index (χ1v) is 6.88. The van der Waals surface area contributed by atoms with Crippen LogP contribution in [0.25, 0.3) is 11.0 Å². The summed E-state index contributed by atoms with van der Waals surface area (Å²) in [5.41, 5.74) is 0.898. The van der Waals surface area contributed by atoms with Gasteiger partial charge >= 0.3 is 0 Å². The standard InChI is InChI=1S/C11H14BrN5/c1-16-10-9(6-15-16)11(14-7-13-10)17-4-2-3-8(17)5-12/h6-8H,2-5H2,1H3. The molecule has 1 fully saturated rings. The SMILES string of the molecule is Cn1ncc2c(N3CCCC3CBr)ncnc21. The normalized spacial score (nSPS) is 20.4. The fourth-order valence-corrected chi connectivity index (χ4v) is 3.13. The Morgan fingerprint density at radius 1 is 1.47 bits per heavy atom. The molecule has 0 radical (unpaired) electrons. The first-order chi connectivity index (χ1) is 8.31. The molecule has 0 saturated carbocycles. The number of fused-ring (bicyclic) bond motifs is 1. The zero-order valence-electron chi connectivity index (χ0n) is 9.67. The number of halogens is 1. The van der Waals surface area contributed by atoms with Gasteiger partial charge in [-0.1, -0.05) is 15.9 Å². The summed E-state index contributed by atoms with van der Waals surface area (Å²) in [4.78, 5) is 11.1. The lowest BCUT2D eigenvalue weighted by atomic mass is 10.2. The minimum atomic E-state index is 0.535. The monoisotopic (exact) mass is 295 g/mol. The van der Waals surface area contributed by atoms with Crippen LogP contribution in [0.1, 0.15) is 12.8 Å². The van der Waals surface area contributed by atoms with E-state index in [4.69, 9.17) is 0 Å². The molecule has 0 bridgehead atoms. The van der Waals surface area contributed by atoms with Gasteiger partial charge in [0.15, 0.2) is 5.65 Å². The minimum Gasteiger partial charge on any atom is -0.352 e. The van der Waals surface area contributed by atoms with E-state index >= 15 is 0 Å².